The van der Waals surface area contributed by atoms with Gasteiger partial charge in [-0.1, -0.05) is 6.07 Å². The topological polar surface area (TPSA) is 46.3 Å². The van der Waals surface area contributed by atoms with Crippen LogP contribution >= 0.6 is 0 Å². The predicted octanol–water partition coefficient (Wildman–Crippen LogP) is 2.91. The van der Waals surface area contributed by atoms with Gasteiger partial charge in [-0.25, -0.2) is 0 Å². The third-order valence-electron chi connectivity index (χ3n) is 3.58. The molecule has 0 aliphatic heterocycles. The molecular weight excluding hydrogens is 257 g/mol. The molecule has 0 saturated heterocycles. The number of alkyl halides is 3. The zero-order valence-electron chi connectivity index (χ0n) is 10.5. The Bertz CT molecular complexity index is 495. The molecule has 1 saturated carbocycles. The monoisotopic (exact) mass is 272 g/mol. The van der Waals surface area contributed by atoms with Crippen molar-refractivity contribution in [2.24, 2.45) is 0 Å². The summed E-state index contributed by atoms with van der Waals surface area (Å²) in [6.07, 6.45) is -1.72. The molecule has 0 unspecified atom stereocenters. The first kappa shape index (κ1) is 13.7. The number of carbonyl (C=O) groups is 1. The lowest BCUT2D eigenvalue weighted by atomic mass is 9.91. The molecule has 0 aromatic heterocycles. The highest BCUT2D eigenvalue weighted by atomic mass is 19.4. The van der Waals surface area contributed by atoms with Crippen LogP contribution in [0.15, 0.2) is 18.2 Å². The number of hydrogen-bond donors (Lipinski definition) is 1. The van der Waals surface area contributed by atoms with Gasteiger partial charge in [-0.3, -0.25) is 4.79 Å². The molecule has 1 aliphatic carbocycles. The Morgan fingerprint density at radius 3 is 2.47 bits per heavy atom. The van der Waals surface area contributed by atoms with Crippen molar-refractivity contribution in [2.45, 2.75) is 31.5 Å². The van der Waals surface area contributed by atoms with E-state index in [0.717, 1.165) is 25.3 Å². The second-order valence-electron chi connectivity index (χ2n) is 4.77. The summed E-state index contributed by atoms with van der Waals surface area (Å²) in [7, 11) is 1.60. The summed E-state index contributed by atoms with van der Waals surface area (Å²) in [4.78, 5) is 13.6. The average molecular weight is 272 g/mol. The fourth-order valence-electron chi connectivity index (χ4n) is 2.13. The van der Waals surface area contributed by atoms with Crippen LogP contribution in [0, 0.1) is 0 Å². The van der Waals surface area contributed by atoms with E-state index in [1.54, 1.807) is 7.05 Å². The maximum Gasteiger partial charge on any atom is 0.418 e. The molecule has 0 spiro atoms. The Kier molecular flexibility index (Phi) is 3.43. The molecule has 0 heterocycles. The van der Waals surface area contributed by atoms with Crippen LogP contribution in [-0.2, 0) is 6.18 Å². The van der Waals surface area contributed by atoms with E-state index in [1.165, 1.54) is 17.0 Å². The van der Waals surface area contributed by atoms with Gasteiger partial charge >= 0.3 is 6.18 Å². The van der Waals surface area contributed by atoms with Gasteiger partial charge < -0.3 is 10.6 Å². The van der Waals surface area contributed by atoms with Crippen LogP contribution in [0.2, 0.25) is 0 Å². The molecule has 0 radical (unpaired) electrons. The van der Waals surface area contributed by atoms with Gasteiger partial charge in [0, 0.05) is 13.1 Å². The average Bonchev–Trinajstić information content (AvgIpc) is 2.24. The van der Waals surface area contributed by atoms with Crippen LogP contribution in [0.3, 0.4) is 0 Å². The largest absolute Gasteiger partial charge is 0.418 e. The summed E-state index contributed by atoms with van der Waals surface area (Å²) in [5.41, 5.74) is 3.97. The first-order valence-corrected chi connectivity index (χ1v) is 6.05. The van der Waals surface area contributed by atoms with Crippen molar-refractivity contribution in [3.8, 4) is 0 Å². The third-order valence-corrected chi connectivity index (χ3v) is 3.58. The van der Waals surface area contributed by atoms with E-state index in [-0.39, 0.29) is 11.6 Å². The Morgan fingerprint density at radius 1 is 1.37 bits per heavy atom. The van der Waals surface area contributed by atoms with E-state index in [0.29, 0.717) is 0 Å². The highest BCUT2D eigenvalue weighted by Crippen LogP contribution is 2.35. The van der Waals surface area contributed by atoms with Gasteiger partial charge in [0.1, 0.15) is 0 Å². The molecule has 3 nitrogen and oxygen atoms in total. The summed E-state index contributed by atoms with van der Waals surface area (Å²) < 4.78 is 38.2. The fourth-order valence-corrected chi connectivity index (χ4v) is 2.13. The summed E-state index contributed by atoms with van der Waals surface area (Å²) in [6.45, 7) is 0. The van der Waals surface area contributed by atoms with Gasteiger partial charge in [0.25, 0.3) is 5.91 Å². The molecule has 1 fully saturated rings. The van der Waals surface area contributed by atoms with E-state index in [2.05, 4.69) is 0 Å². The number of nitrogens with zero attached hydrogens (tertiary/aromatic N) is 1. The number of halogens is 3. The highest BCUT2D eigenvalue weighted by molar-refractivity contribution is 5.99. The summed E-state index contributed by atoms with van der Waals surface area (Å²) in [6, 6.07) is 3.54. The Hall–Kier alpha value is -1.72. The third kappa shape index (κ3) is 2.52. The first-order valence-electron chi connectivity index (χ1n) is 6.05. The molecule has 1 aliphatic rings. The van der Waals surface area contributed by atoms with Crippen LogP contribution in [0.5, 0.6) is 0 Å². The van der Waals surface area contributed by atoms with Crippen molar-refractivity contribution >= 4 is 11.6 Å². The van der Waals surface area contributed by atoms with E-state index >= 15 is 0 Å². The number of para-hydroxylation sites is 1. The van der Waals surface area contributed by atoms with Crippen molar-refractivity contribution in [1.82, 2.24) is 4.90 Å². The summed E-state index contributed by atoms with van der Waals surface area (Å²) >= 11 is 0. The molecule has 19 heavy (non-hydrogen) atoms. The van der Waals surface area contributed by atoms with E-state index in [9.17, 15) is 18.0 Å². The normalized spacial score (nSPS) is 16.0. The van der Waals surface area contributed by atoms with Crippen molar-refractivity contribution in [3.05, 3.63) is 29.3 Å². The van der Waals surface area contributed by atoms with E-state index in [1.807, 2.05) is 0 Å². The lowest BCUT2D eigenvalue weighted by Gasteiger charge is -2.35. The smallest absolute Gasteiger partial charge is 0.398 e. The van der Waals surface area contributed by atoms with Crippen molar-refractivity contribution < 1.29 is 18.0 Å². The summed E-state index contributed by atoms with van der Waals surface area (Å²) in [5.74, 6) is -0.451. The van der Waals surface area contributed by atoms with E-state index in [4.69, 9.17) is 5.73 Å². The SMILES string of the molecule is CN(C(=O)c1cccc(C(F)(F)F)c1N)C1CCC1. The number of rotatable bonds is 2. The minimum atomic E-state index is -4.55. The standard InChI is InChI=1S/C13H15F3N2O/c1-18(8-4-2-5-8)12(19)9-6-3-7-10(11(9)17)13(14,15)16/h3,6-8H,2,4-5,17H2,1H3. The highest BCUT2D eigenvalue weighted by Gasteiger charge is 2.35. The number of nitrogens with two attached hydrogens (primary N) is 1. The molecule has 1 aromatic rings. The number of anilines is 1. The lowest BCUT2D eigenvalue weighted by molar-refractivity contribution is -0.136. The molecule has 0 bridgehead atoms. The zero-order valence-corrected chi connectivity index (χ0v) is 10.5. The maximum absolute atomic E-state index is 12.7. The molecule has 0 atom stereocenters. The van der Waals surface area contributed by atoms with Gasteiger partial charge in [-0.05, 0) is 31.4 Å². The van der Waals surface area contributed by atoms with Crippen molar-refractivity contribution in [3.63, 3.8) is 0 Å². The van der Waals surface area contributed by atoms with Crippen LogP contribution < -0.4 is 5.73 Å². The fraction of sp³-hybridized carbons (Fsp3) is 0.462. The van der Waals surface area contributed by atoms with Gasteiger partial charge in [-0.2, -0.15) is 13.2 Å². The lowest BCUT2D eigenvalue weighted by Crippen LogP contribution is -2.41. The van der Waals surface area contributed by atoms with Gasteiger partial charge in [0.15, 0.2) is 0 Å². The van der Waals surface area contributed by atoms with Gasteiger partial charge in [0.2, 0.25) is 0 Å². The number of carbonyl (C=O) groups excluding carboxylic acids is 1. The minimum absolute atomic E-state index is 0.0794. The van der Waals surface area contributed by atoms with Crippen LogP contribution in [0.25, 0.3) is 0 Å². The second kappa shape index (κ2) is 4.75. The van der Waals surface area contributed by atoms with E-state index < -0.39 is 23.3 Å². The Balaban J connectivity index is 2.32. The molecular formula is C13H15F3N2O. The maximum atomic E-state index is 12.7. The van der Waals surface area contributed by atoms with Crippen molar-refractivity contribution in [1.29, 1.82) is 0 Å². The predicted molar refractivity (Wildman–Crippen MR) is 65.6 cm³/mol. The minimum Gasteiger partial charge on any atom is -0.398 e. The first-order chi connectivity index (χ1) is 8.82. The van der Waals surface area contributed by atoms with Crippen LogP contribution in [-0.4, -0.2) is 23.9 Å². The van der Waals surface area contributed by atoms with Gasteiger partial charge in [0.05, 0.1) is 16.8 Å². The number of benzene rings is 1. The quantitative estimate of drug-likeness (QED) is 0.841. The molecule has 2 rings (SSSR count). The molecule has 104 valence electrons. The second-order valence-corrected chi connectivity index (χ2v) is 4.77. The molecule has 1 amide bonds. The molecule has 6 heteroatoms. The zero-order chi connectivity index (χ0) is 14.2. The van der Waals surface area contributed by atoms with Crippen LogP contribution in [0.4, 0.5) is 18.9 Å². The van der Waals surface area contributed by atoms with Crippen molar-refractivity contribution in [2.75, 3.05) is 12.8 Å². The Morgan fingerprint density at radius 2 is 2.00 bits per heavy atom. The summed E-state index contributed by atoms with van der Waals surface area (Å²) in [5, 5.41) is 0. The van der Waals surface area contributed by atoms with Gasteiger partial charge in [-0.15, -0.1) is 0 Å². The number of nitrogen functional groups attached to an aromatic ring is 1. The number of amides is 1. The molecule has 2 N–H and O–H groups in total. The number of hydrogen-bond acceptors (Lipinski definition) is 2. The Labute approximate surface area is 109 Å². The molecule has 1 aromatic carbocycles. The van der Waals surface area contributed by atoms with Crippen LogP contribution in [0.1, 0.15) is 35.2 Å².